The Balaban J connectivity index is 1.76. The van der Waals surface area contributed by atoms with Crippen molar-refractivity contribution < 1.29 is 13.5 Å². The number of ether oxygens (including phenoxy) is 1. The van der Waals surface area contributed by atoms with E-state index in [1.54, 1.807) is 0 Å². The quantitative estimate of drug-likeness (QED) is 0.804. The Morgan fingerprint density at radius 1 is 1.31 bits per heavy atom. The number of hydrogen-bond donors (Lipinski definition) is 0. The van der Waals surface area contributed by atoms with Gasteiger partial charge in [-0.1, -0.05) is 30.3 Å². The largest absolute Gasteiger partial charge is 0.376 e. The average Bonchev–Trinajstić information content (AvgIpc) is 2.60. The van der Waals surface area contributed by atoms with Crippen LogP contribution in [-0.2, 0) is 11.3 Å². The summed E-state index contributed by atoms with van der Waals surface area (Å²) < 4.78 is 31.8. The number of benzene rings is 1. The molecule has 88 valence electrons. The van der Waals surface area contributed by atoms with Gasteiger partial charge in [-0.15, -0.1) is 0 Å². The number of rotatable bonds is 4. The minimum atomic E-state index is -2.55. The molecule has 16 heavy (non-hydrogen) atoms. The van der Waals surface area contributed by atoms with Gasteiger partial charge in [0.15, 0.2) is 0 Å². The van der Waals surface area contributed by atoms with Crippen molar-refractivity contribution in [2.24, 2.45) is 5.92 Å². The Labute approximate surface area is 98.2 Å². The monoisotopic (exact) mass is 244 g/mol. The molecule has 0 aliphatic carbocycles. The van der Waals surface area contributed by atoms with Gasteiger partial charge in [0, 0.05) is 5.75 Å². The molecule has 0 aromatic heterocycles. The van der Waals surface area contributed by atoms with Crippen LogP contribution in [0.1, 0.15) is 5.56 Å². The van der Waals surface area contributed by atoms with Gasteiger partial charge in [-0.25, -0.2) is 8.78 Å². The average molecular weight is 244 g/mol. The third kappa shape index (κ3) is 2.95. The van der Waals surface area contributed by atoms with Crippen LogP contribution in [0.5, 0.6) is 0 Å². The second-order valence-corrected chi connectivity index (χ2v) is 5.00. The van der Waals surface area contributed by atoms with E-state index in [1.807, 2.05) is 30.3 Å². The molecule has 1 nitrogen and oxygen atoms in total. The van der Waals surface area contributed by atoms with Crippen LogP contribution in [0.4, 0.5) is 8.78 Å². The molecule has 0 spiro atoms. The minimum absolute atomic E-state index is 0.0631. The summed E-state index contributed by atoms with van der Waals surface area (Å²) in [7, 11) is 0. The summed E-state index contributed by atoms with van der Waals surface area (Å²) in [6, 6.07) is 9.62. The lowest BCUT2D eigenvalue weighted by Gasteiger charge is -2.17. The van der Waals surface area contributed by atoms with E-state index in [0.29, 0.717) is 12.4 Å². The van der Waals surface area contributed by atoms with Gasteiger partial charge in [-0.2, -0.15) is 11.8 Å². The van der Waals surface area contributed by atoms with Gasteiger partial charge in [-0.3, -0.25) is 0 Å². The summed E-state index contributed by atoms with van der Waals surface area (Å²) in [5.74, 6) is -2.74. The first kappa shape index (κ1) is 11.9. The lowest BCUT2D eigenvalue weighted by atomic mass is 10.1. The molecule has 0 saturated carbocycles. The van der Waals surface area contributed by atoms with Crippen molar-refractivity contribution in [1.82, 2.24) is 0 Å². The zero-order valence-electron chi connectivity index (χ0n) is 8.86. The maximum Gasteiger partial charge on any atom is 0.262 e. The highest BCUT2D eigenvalue weighted by Crippen LogP contribution is 2.38. The van der Waals surface area contributed by atoms with Crippen LogP contribution >= 0.6 is 11.8 Å². The Hall–Kier alpha value is -0.610. The first-order valence-electron chi connectivity index (χ1n) is 5.26. The van der Waals surface area contributed by atoms with E-state index in [1.165, 1.54) is 11.8 Å². The molecule has 1 aliphatic heterocycles. The SMILES string of the molecule is FC1(F)CSC[C@@H]1COCc1ccccc1. The molecular formula is C12H14F2OS. The van der Waals surface area contributed by atoms with Gasteiger partial charge in [0.05, 0.1) is 24.9 Å². The summed E-state index contributed by atoms with van der Waals surface area (Å²) in [6.07, 6.45) is 0. The molecule has 1 aromatic rings. The van der Waals surface area contributed by atoms with E-state index >= 15 is 0 Å². The van der Waals surface area contributed by atoms with Crippen LogP contribution in [-0.4, -0.2) is 24.0 Å². The van der Waals surface area contributed by atoms with E-state index in [9.17, 15) is 8.78 Å². The van der Waals surface area contributed by atoms with Crippen LogP contribution < -0.4 is 0 Å². The van der Waals surface area contributed by atoms with Crippen molar-refractivity contribution in [2.45, 2.75) is 12.5 Å². The van der Waals surface area contributed by atoms with Crippen molar-refractivity contribution in [3.05, 3.63) is 35.9 Å². The molecule has 1 aromatic carbocycles. The van der Waals surface area contributed by atoms with Crippen molar-refractivity contribution in [1.29, 1.82) is 0 Å². The molecule has 1 saturated heterocycles. The molecule has 2 rings (SSSR count). The summed E-state index contributed by atoms with van der Waals surface area (Å²) >= 11 is 1.31. The fraction of sp³-hybridized carbons (Fsp3) is 0.500. The highest BCUT2D eigenvalue weighted by atomic mass is 32.2. The standard InChI is InChI=1S/C12H14F2OS/c13-12(14)9-16-8-11(12)7-15-6-10-4-2-1-3-5-10/h1-5,11H,6-9H2/t11-/m0/s1. The molecule has 0 N–H and O–H groups in total. The molecule has 4 heteroatoms. The zero-order valence-corrected chi connectivity index (χ0v) is 9.68. The predicted molar refractivity (Wildman–Crippen MR) is 61.9 cm³/mol. The van der Waals surface area contributed by atoms with Crippen molar-refractivity contribution in [3.63, 3.8) is 0 Å². The Morgan fingerprint density at radius 3 is 2.69 bits per heavy atom. The van der Waals surface area contributed by atoms with E-state index in [-0.39, 0.29) is 12.4 Å². The maximum atomic E-state index is 13.2. The number of hydrogen-bond acceptors (Lipinski definition) is 2. The molecule has 0 bridgehead atoms. The number of halogens is 2. The fourth-order valence-electron chi connectivity index (χ4n) is 1.64. The number of thioether (sulfide) groups is 1. The van der Waals surface area contributed by atoms with Gasteiger partial charge < -0.3 is 4.74 Å². The Morgan fingerprint density at radius 2 is 2.06 bits per heavy atom. The van der Waals surface area contributed by atoms with Gasteiger partial charge in [0.2, 0.25) is 0 Å². The maximum absolute atomic E-state index is 13.2. The van der Waals surface area contributed by atoms with E-state index in [2.05, 4.69) is 0 Å². The Bertz CT molecular complexity index is 329. The van der Waals surface area contributed by atoms with Crippen LogP contribution in [0.2, 0.25) is 0 Å². The third-order valence-corrected chi connectivity index (χ3v) is 3.87. The van der Waals surface area contributed by atoms with Crippen LogP contribution in [0.25, 0.3) is 0 Å². The van der Waals surface area contributed by atoms with Crippen molar-refractivity contribution in [2.75, 3.05) is 18.1 Å². The fourth-order valence-corrected chi connectivity index (χ4v) is 2.89. The normalized spacial score (nSPS) is 23.5. The molecule has 0 unspecified atom stereocenters. The van der Waals surface area contributed by atoms with Gasteiger partial charge in [-0.05, 0) is 5.56 Å². The molecule has 1 aliphatic rings. The van der Waals surface area contributed by atoms with Crippen LogP contribution in [0, 0.1) is 5.92 Å². The van der Waals surface area contributed by atoms with Gasteiger partial charge >= 0.3 is 0 Å². The smallest absolute Gasteiger partial charge is 0.262 e. The first-order chi connectivity index (χ1) is 7.68. The molecule has 1 atom stereocenters. The zero-order chi connectivity index (χ0) is 11.4. The topological polar surface area (TPSA) is 9.23 Å². The summed E-state index contributed by atoms with van der Waals surface area (Å²) in [4.78, 5) is 0. The molecule has 0 amide bonds. The van der Waals surface area contributed by atoms with Crippen molar-refractivity contribution >= 4 is 11.8 Å². The van der Waals surface area contributed by atoms with E-state index < -0.39 is 11.8 Å². The van der Waals surface area contributed by atoms with E-state index in [0.717, 1.165) is 5.56 Å². The summed E-state index contributed by atoms with van der Waals surface area (Å²) in [6.45, 7) is 0.562. The van der Waals surface area contributed by atoms with Gasteiger partial charge in [0.25, 0.3) is 5.92 Å². The summed E-state index contributed by atoms with van der Waals surface area (Å²) in [5.41, 5.74) is 1.02. The lowest BCUT2D eigenvalue weighted by molar-refractivity contribution is -0.0553. The first-order valence-corrected chi connectivity index (χ1v) is 6.41. The minimum Gasteiger partial charge on any atom is -0.376 e. The molecule has 1 fully saturated rings. The third-order valence-electron chi connectivity index (χ3n) is 2.64. The molecule has 0 radical (unpaired) electrons. The van der Waals surface area contributed by atoms with Gasteiger partial charge in [0.1, 0.15) is 0 Å². The van der Waals surface area contributed by atoms with Crippen LogP contribution in [0.15, 0.2) is 30.3 Å². The number of alkyl halides is 2. The highest BCUT2D eigenvalue weighted by molar-refractivity contribution is 7.99. The van der Waals surface area contributed by atoms with E-state index in [4.69, 9.17) is 4.74 Å². The summed E-state index contributed by atoms with van der Waals surface area (Å²) in [5, 5.41) is 0. The highest BCUT2D eigenvalue weighted by Gasteiger charge is 2.44. The molecule has 1 heterocycles. The Kier molecular flexibility index (Phi) is 3.82. The van der Waals surface area contributed by atoms with Crippen LogP contribution in [0.3, 0.4) is 0 Å². The lowest BCUT2D eigenvalue weighted by Crippen LogP contribution is -2.29. The van der Waals surface area contributed by atoms with Crippen molar-refractivity contribution in [3.8, 4) is 0 Å². The second-order valence-electron chi connectivity index (χ2n) is 3.97. The second kappa shape index (κ2) is 5.15. The molecular weight excluding hydrogens is 230 g/mol. The predicted octanol–water partition coefficient (Wildman–Crippen LogP) is 3.20.